The number of aromatic nitrogens is 2. The number of nitrogens with zero attached hydrogens (tertiary/aromatic N) is 2. The van der Waals surface area contributed by atoms with Crippen molar-refractivity contribution in [2.75, 3.05) is 11.9 Å². The number of carbonyl (C=O) groups excluding carboxylic acids is 1. The van der Waals surface area contributed by atoms with Gasteiger partial charge in [0.05, 0.1) is 12.4 Å². The lowest BCUT2D eigenvalue weighted by molar-refractivity contribution is 0.0995. The van der Waals surface area contributed by atoms with Gasteiger partial charge in [-0.15, -0.1) is 0 Å². The summed E-state index contributed by atoms with van der Waals surface area (Å²) in [4.78, 5) is 19.0. The van der Waals surface area contributed by atoms with E-state index in [1.165, 1.54) is 43.9 Å². The highest BCUT2D eigenvalue weighted by molar-refractivity contribution is 5.90. The fourth-order valence-corrected chi connectivity index (χ4v) is 2.23. The summed E-state index contributed by atoms with van der Waals surface area (Å²) < 4.78 is 0. The Kier molecular flexibility index (Phi) is 4.89. The fraction of sp³-hybridized carbons (Fsp3) is 0.500. The molecule has 3 N–H and O–H groups in total. The van der Waals surface area contributed by atoms with E-state index in [0.29, 0.717) is 5.82 Å². The minimum Gasteiger partial charge on any atom is -0.368 e. The molecule has 5 nitrogen and oxygen atoms in total. The van der Waals surface area contributed by atoms with Crippen LogP contribution in [-0.4, -0.2) is 22.4 Å². The summed E-state index contributed by atoms with van der Waals surface area (Å²) in [6.45, 7) is 0.808. The van der Waals surface area contributed by atoms with Crippen molar-refractivity contribution in [2.24, 2.45) is 5.73 Å². The van der Waals surface area contributed by atoms with Crippen LogP contribution in [0.1, 0.15) is 49.0 Å². The smallest absolute Gasteiger partial charge is 0.268 e. The van der Waals surface area contributed by atoms with Crippen LogP contribution in [0.25, 0.3) is 0 Å². The average Bonchev–Trinajstić information content (AvgIpc) is 2.68. The maximum Gasteiger partial charge on any atom is 0.268 e. The van der Waals surface area contributed by atoms with Gasteiger partial charge in [-0.25, -0.2) is 4.98 Å². The number of primary amides is 1. The van der Waals surface area contributed by atoms with Gasteiger partial charge in [-0.1, -0.05) is 18.1 Å². The zero-order valence-corrected chi connectivity index (χ0v) is 11.1. The summed E-state index contributed by atoms with van der Waals surface area (Å²) in [6.07, 6.45) is 12.7. The SMILES string of the molecule is NC(=O)c1cncc(NCCC2=CCCCCC2)n1. The monoisotopic (exact) mass is 260 g/mol. The molecule has 0 spiro atoms. The Morgan fingerprint density at radius 1 is 1.32 bits per heavy atom. The van der Waals surface area contributed by atoms with E-state index in [0.717, 1.165) is 13.0 Å². The summed E-state index contributed by atoms with van der Waals surface area (Å²) in [6, 6.07) is 0. The Bertz CT molecular complexity index is 470. The predicted molar refractivity (Wildman–Crippen MR) is 74.8 cm³/mol. The zero-order valence-electron chi connectivity index (χ0n) is 11.1. The standard InChI is InChI=1S/C14H20N4O/c15-14(19)12-9-16-10-13(18-12)17-8-7-11-5-3-1-2-4-6-11/h5,9-10H,1-4,6-8H2,(H2,15,19)(H,17,18). The van der Waals surface area contributed by atoms with Crippen molar-refractivity contribution in [2.45, 2.75) is 38.5 Å². The molecule has 0 aliphatic heterocycles. The molecule has 0 saturated carbocycles. The minimum atomic E-state index is -0.553. The van der Waals surface area contributed by atoms with E-state index >= 15 is 0 Å². The van der Waals surface area contributed by atoms with Crippen molar-refractivity contribution in [3.63, 3.8) is 0 Å². The molecule has 1 aliphatic rings. The first-order valence-corrected chi connectivity index (χ1v) is 6.79. The maximum atomic E-state index is 11.0. The normalized spacial score (nSPS) is 15.5. The third-order valence-corrected chi connectivity index (χ3v) is 3.27. The zero-order chi connectivity index (χ0) is 13.5. The van der Waals surface area contributed by atoms with Gasteiger partial charge in [0.15, 0.2) is 0 Å². The second-order valence-electron chi connectivity index (χ2n) is 4.79. The fourth-order valence-electron chi connectivity index (χ4n) is 2.23. The summed E-state index contributed by atoms with van der Waals surface area (Å²) >= 11 is 0. The van der Waals surface area contributed by atoms with Crippen molar-refractivity contribution in [1.29, 1.82) is 0 Å². The van der Waals surface area contributed by atoms with Crippen LogP contribution < -0.4 is 11.1 Å². The highest BCUT2D eigenvalue weighted by Crippen LogP contribution is 2.19. The van der Waals surface area contributed by atoms with Gasteiger partial charge < -0.3 is 11.1 Å². The molecule has 1 aliphatic carbocycles. The second kappa shape index (κ2) is 6.87. The Morgan fingerprint density at radius 3 is 3.05 bits per heavy atom. The third-order valence-electron chi connectivity index (χ3n) is 3.27. The van der Waals surface area contributed by atoms with Gasteiger partial charge >= 0.3 is 0 Å². The Labute approximate surface area is 113 Å². The molecule has 0 radical (unpaired) electrons. The van der Waals surface area contributed by atoms with Crippen molar-refractivity contribution < 1.29 is 4.79 Å². The molecule has 0 saturated heterocycles. The Balaban J connectivity index is 1.83. The quantitative estimate of drug-likeness (QED) is 0.796. The number of carbonyl (C=O) groups is 1. The van der Waals surface area contributed by atoms with E-state index < -0.39 is 5.91 Å². The second-order valence-corrected chi connectivity index (χ2v) is 4.79. The largest absolute Gasteiger partial charge is 0.368 e. The van der Waals surface area contributed by atoms with Crippen LogP contribution in [0.3, 0.4) is 0 Å². The first-order valence-electron chi connectivity index (χ1n) is 6.79. The first-order chi connectivity index (χ1) is 9.25. The van der Waals surface area contributed by atoms with Crippen LogP contribution >= 0.6 is 0 Å². The molecular weight excluding hydrogens is 240 g/mol. The van der Waals surface area contributed by atoms with Gasteiger partial charge in [-0.3, -0.25) is 9.78 Å². The highest BCUT2D eigenvalue weighted by Gasteiger charge is 2.05. The highest BCUT2D eigenvalue weighted by atomic mass is 16.1. The van der Waals surface area contributed by atoms with Crippen LogP contribution in [0.15, 0.2) is 24.0 Å². The molecule has 0 aromatic carbocycles. The predicted octanol–water partition coefficient (Wildman–Crippen LogP) is 2.27. The molecule has 102 valence electrons. The van der Waals surface area contributed by atoms with Crippen molar-refractivity contribution in [1.82, 2.24) is 9.97 Å². The van der Waals surface area contributed by atoms with E-state index in [2.05, 4.69) is 21.4 Å². The van der Waals surface area contributed by atoms with Gasteiger partial charge in [0, 0.05) is 6.54 Å². The van der Waals surface area contributed by atoms with Crippen LogP contribution in [0.5, 0.6) is 0 Å². The molecule has 1 aromatic heterocycles. The maximum absolute atomic E-state index is 11.0. The number of nitrogens with two attached hydrogens (primary N) is 1. The number of hydrogen-bond donors (Lipinski definition) is 2. The lowest BCUT2D eigenvalue weighted by Gasteiger charge is -2.08. The van der Waals surface area contributed by atoms with E-state index in [9.17, 15) is 4.79 Å². The number of nitrogens with one attached hydrogen (secondary N) is 1. The van der Waals surface area contributed by atoms with Gasteiger partial charge in [0.2, 0.25) is 0 Å². The van der Waals surface area contributed by atoms with Crippen molar-refractivity contribution >= 4 is 11.7 Å². The summed E-state index contributed by atoms with van der Waals surface area (Å²) in [5, 5.41) is 3.19. The molecule has 0 fully saturated rings. The molecule has 0 unspecified atom stereocenters. The molecule has 2 rings (SSSR count). The van der Waals surface area contributed by atoms with Gasteiger partial charge in [-0.2, -0.15) is 0 Å². The van der Waals surface area contributed by atoms with Gasteiger partial charge in [-0.05, 0) is 32.1 Å². The number of allylic oxidation sites excluding steroid dienone is 1. The topological polar surface area (TPSA) is 80.9 Å². The van der Waals surface area contributed by atoms with E-state index in [-0.39, 0.29) is 5.69 Å². The number of anilines is 1. The summed E-state index contributed by atoms with van der Waals surface area (Å²) in [5.41, 5.74) is 6.88. The van der Waals surface area contributed by atoms with Crippen LogP contribution in [-0.2, 0) is 0 Å². The molecule has 1 aromatic rings. The van der Waals surface area contributed by atoms with E-state index in [1.54, 1.807) is 6.20 Å². The molecule has 5 heteroatoms. The first kappa shape index (κ1) is 13.5. The Hall–Kier alpha value is -1.91. The lowest BCUT2D eigenvalue weighted by Crippen LogP contribution is -2.15. The van der Waals surface area contributed by atoms with Gasteiger partial charge in [0.25, 0.3) is 5.91 Å². The number of rotatable bonds is 5. The molecule has 0 bridgehead atoms. The number of amides is 1. The lowest BCUT2D eigenvalue weighted by atomic mass is 10.1. The number of hydrogen-bond acceptors (Lipinski definition) is 4. The summed E-state index contributed by atoms with van der Waals surface area (Å²) in [7, 11) is 0. The van der Waals surface area contributed by atoms with Crippen molar-refractivity contribution in [3.05, 3.63) is 29.7 Å². The van der Waals surface area contributed by atoms with Gasteiger partial charge in [0.1, 0.15) is 11.5 Å². The Morgan fingerprint density at radius 2 is 2.21 bits per heavy atom. The van der Waals surface area contributed by atoms with Crippen LogP contribution in [0, 0.1) is 0 Å². The molecule has 1 amide bonds. The summed E-state index contributed by atoms with van der Waals surface area (Å²) in [5.74, 6) is 0.0492. The average molecular weight is 260 g/mol. The molecule has 19 heavy (non-hydrogen) atoms. The third kappa shape index (κ3) is 4.35. The van der Waals surface area contributed by atoms with Crippen LogP contribution in [0.2, 0.25) is 0 Å². The van der Waals surface area contributed by atoms with Crippen molar-refractivity contribution in [3.8, 4) is 0 Å². The minimum absolute atomic E-state index is 0.193. The van der Waals surface area contributed by atoms with Crippen LogP contribution in [0.4, 0.5) is 5.82 Å². The van der Waals surface area contributed by atoms with E-state index in [4.69, 9.17) is 5.73 Å². The molecular formula is C14H20N4O. The molecule has 0 atom stereocenters. The molecule has 1 heterocycles. The van der Waals surface area contributed by atoms with E-state index in [1.807, 2.05) is 0 Å².